The Morgan fingerprint density at radius 2 is 1.46 bits per heavy atom. The maximum Gasteiger partial charge on any atom is 0.330 e. The van der Waals surface area contributed by atoms with Crippen molar-refractivity contribution in [1.82, 2.24) is 4.98 Å². The maximum absolute atomic E-state index is 13.5. The third-order valence-electron chi connectivity index (χ3n) is 10.1. The summed E-state index contributed by atoms with van der Waals surface area (Å²) in [5.41, 5.74) is 3.79. The number of hydrazone groups is 1. The summed E-state index contributed by atoms with van der Waals surface area (Å²) in [6, 6.07) is 19.1. The number of anilines is 1. The predicted molar refractivity (Wildman–Crippen MR) is 223 cm³/mol. The lowest BCUT2D eigenvalue weighted by Crippen LogP contribution is -2.30. The molecular formula is C45H55N3O7S. The number of aryl methyl sites for hydroxylation is 2. The van der Waals surface area contributed by atoms with Gasteiger partial charge in [0.15, 0.2) is 0 Å². The van der Waals surface area contributed by atoms with Crippen LogP contribution in [0.25, 0.3) is 10.2 Å². The average molecular weight is 782 g/mol. The van der Waals surface area contributed by atoms with E-state index in [0.29, 0.717) is 56.1 Å². The number of esters is 3. The van der Waals surface area contributed by atoms with Crippen LogP contribution in [0.5, 0.6) is 17.2 Å². The van der Waals surface area contributed by atoms with Gasteiger partial charge in [-0.2, -0.15) is 5.10 Å². The standard InChI is InChI=1S/C45H55N3O7S/c1-5-7-8-13-26-48(45-47-39-16-11-12-17-41(39)56-45)46-31-36-29-32(3)33(4)30-40(36)55-44(51)35-20-18-34(19-21-35)43(50)54-38-24-22-37(23-25-38)52-27-14-9-10-15-28-53-42(49)6-2/h6,11-12,16-17,22-25,29-31,34-35H,2,5,7-10,13-15,18-21,26-28H2,1,3-4H3/b46-31+. The van der Waals surface area contributed by atoms with E-state index in [9.17, 15) is 14.4 Å². The number of fused-ring (bicyclic) bond motifs is 1. The summed E-state index contributed by atoms with van der Waals surface area (Å²) in [6.45, 7) is 11.3. The van der Waals surface area contributed by atoms with Gasteiger partial charge in [-0.25, -0.2) is 14.8 Å². The molecule has 0 aliphatic heterocycles. The molecule has 1 heterocycles. The molecule has 1 aliphatic rings. The first-order chi connectivity index (χ1) is 27.2. The van der Waals surface area contributed by atoms with Crippen LogP contribution in [0, 0.1) is 25.7 Å². The van der Waals surface area contributed by atoms with Crippen molar-refractivity contribution in [3.63, 3.8) is 0 Å². The Balaban J connectivity index is 1.10. The normalized spacial score (nSPS) is 15.4. The summed E-state index contributed by atoms with van der Waals surface area (Å²) in [7, 11) is 0. The highest BCUT2D eigenvalue weighted by atomic mass is 32.1. The fourth-order valence-corrected chi connectivity index (χ4v) is 7.48. The minimum absolute atomic E-state index is 0.287. The van der Waals surface area contributed by atoms with Gasteiger partial charge in [0.25, 0.3) is 0 Å². The van der Waals surface area contributed by atoms with Crippen LogP contribution in [-0.4, -0.2) is 48.9 Å². The summed E-state index contributed by atoms with van der Waals surface area (Å²) < 4.78 is 23.7. The number of ether oxygens (including phenoxy) is 4. The lowest BCUT2D eigenvalue weighted by atomic mass is 9.82. The molecule has 0 unspecified atom stereocenters. The highest BCUT2D eigenvalue weighted by Gasteiger charge is 2.32. The Kier molecular flexibility index (Phi) is 16.5. The summed E-state index contributed by atoms with van der Waals surface area (Å²) in [5, 5.41) is 7.70. The molecule has 10 nitrogen and oxygen atoms in total. The monoisotopic (exact) mass is 781 g/mol. The number of hydrogen-bond donors (Lipinski definition) is 0. The number of unbranched alkanes of at least 4 members (excludes halogenated alkanes) is 6. The van der Waals surface area contributed by atoms with E-state index in [4.69, 9.17) is 29.0 Å². The molecule has 0 spiro atoms. The number of hydrogen-bond acceptors (Lipinski definition) is 11. The molecule has 298 valence electrons. The molecule has 5 rings (SSSR count). The van der Waals surface area contributed by atoms with E-state index in [0.717, 1.165) is 83.5 Å². The van der Waals surface area contributed by atoms with E-state index < -0.39 is 5.97 Å². The van der Waals surface area contributed by atoms with Crippen LogP contribution in [0.1, 0.15) is 101 Å². The number of para-hydroxylation sites is 1. The van der Waals surface area contributed by atoms with Crippen LogP contribution in [-0.2, 0) is 19.1 Å². The van der Waals surface area contributed by atoms with Crippen molar-refractivity contribution in [1.29, 1.82) is 0 Å². The van der Waals surface area contributed by atoms with Crippen molar-refractivity contribution >= 4 is 50.8 Å². The fourth-order valence-electron chi connectivity index (χ4n) is 6.53. The SMILES string of the molecule is C=CC(=O)OCCCCCCOc1ccc(OC(=O)C2CCC(C(=O)Oc3cc(C)c(C)cc3/C=N/N(CCCCCC)c3nc4ccccc4s3)CC2)cc1. The third kappa shape index (κ3) is 12.8. The second-order valence-electron chi connectivity index (χ2n) is 14.4. The zero-order chi connectivity index (χ0) is 39.7. The van der Waals surface area contributed by atoms with E-state index in [1.807, 2.05) is 49.2 Å². The number of rotatable bonds is 21. The van der Waals surface area contributed by atoms with Crippen LogP contribution in [0.4, 0.5) is 5.13 Å². The highest BCUT2D eigenvalue weighted by Crippen LogP contribution is 2.33. The molecule has 0 atom stereocenters. The molecular weight excluding hydrogens is 727 g/mol. The number of carbonyl (C=O) groups is 3. The molecule has 4 aromatic rings. The van der Waals surface area contributed by atoms with E-state index in [2.05, 4.69) is 19.6 Å². The molecule has 3 aromatic carbocycles. The molecule has 0 bridgehead atoms. The van der Waals surface area contributed by atoms with Gasteiger partial charge < -0.3 is 18.9 Å². The molecule has 1 aliphatic carbocycles. The smallest absolute Gasteiger partial charge is 0.330 e. The van der Waals surface area contributed by atoms with Crippen LogP contribution in [0.3, 0.4) is 0 Å². The molecule has 1 aromatic heterocycles. The summed E-state index contributed by atoms with van der Waals surface area (Å²) in [5.74, 6) is 0.0793. The predicted octanol–water partition coefficient (Wildman–Crippen LogP) is 10.3. The van der Waals surface area contributed by atoms with Crippen LogP contribution >= 0.6 is 11.3 Å². The van der Waals surface area contributed by atoms with Gasteiger partial charge in [0.2, 0.25) is 5.13 Å². The van der Waals surface area contributed by atoms with Crippen molar-refractivity contribution in [2.75, 3.05) is 24.8 Å². The maximum atomic E-state index is 13.5. The van der Waals surface area contributed by atoms with Crippen LogP contribution < -0.4 is 19.2 Å². The second kappa shape index (κ2) is 21.9. The van der Waals surface area contributed by atoms with Crippen molar-refractivity contribution in [3.8, 4) is 17.2 Å². The van der Waals surface area contributed by atoms with Gasteiger partial charge in [0.1, 0.15) is 17.2 Å². The minimum atomic E-state index is -0.393. The van der Waals surface area contributed by atoms with Crippen molar-refractivity contribution < 1.29 is 33.3 Å². The summed E-state index contributed by atoms with van der Waals surface area (Å²) in [4.78, 5) is 42.5. The van der Waals surface area contributed by atoms with Crippen molar-refractivity contribution in [3.05, 3.63) is 90.0 Å². The Labute approximate surface area is 334 Å². The lowest BCUT2D eigenvalue weighted by molar-refractivity contribution is -0.145. The Morgan fingerprint density at radius 1 is 0.821 bits per heavy atom. The van der Waals surface area contributed by atoms with Gasteiger partial charge in [-0.1, -0.05) is 56.2 Å². The molecule has 0 radical (unpaired) electrons. The summed E-state index contributed by atoms with van der Waals surface area (Å²) >= 11 is 1.62. The zero-order valence-electron chi connectivity index (χ0n) is 33.0. The van der Waals surface area contributed by atoms with Gasteiger partial charge in [-0.15, -0.1) is 0 Å². The van der Waals surface area contributed by atoms with E-state index >= 15 is 0 Å². The first kappa shape index (κ1) is 42.1. The van der Waals surface area contributed by atoms with Gasteiger partial charge in [0.05, 0.1) is 41.5 Å². The molecule has 0 saturated heterocycles. The van der Waals surface area contributed by atoms with Crippen LogP contribution in [0.2, 0.25) is 0 Å². The Bertz CT molecular complexity index is 1900. The van der Waals surface area contributed by atoms with Crippen molar-refractivity contribution in [2.45, 2.75) is 97.8 Å². The number of nitrogens with zero attached hydrogens (tertiary/aromatic N) is 3. The third-order valence-corrected chi connectivity index (χ3v) is 11.1. The van der Waals surface area contributed by atoms with E-state index in [1.165, 1.54) is 12.5 Å². The fraction of sp³-hybridized carbons (Fsp3) is 0.444. The first-order valence-electron chi connectivity index (χ1n) is 20.0. The Hall–Kier alpha value is -5.03. The molecule has 0 amide bonds. The lowest BCUT2D eigenvalue weighted by Gasteiger charge is -2.26. The van der Waals surface area contributed by atoms with Gasteiger partial charge in [-0.05, 0) is 131 Å². The second-order valence-corrected chi connectivity index (χ2v) is 15.4. The molecule has 0 N–H and O–H groups in total. The molecule has 56 heavy (non-hydrogen) atoms. The van der Waals surface area contributed by atoms with E-state index in [1.54, 1.807) is 41.8 Å². The van der Waals surface area contributed by atoms with Crippen molar-refractivity contribution in [2.24, 2.45) is 16.9 Å². The molecule has 1 fully saturated rings. The largest absolute Gasteiger partial charge is 0.494 e. The molecule has 1 saturated carbocycles. The van der Waals surface area contributed by atoms with E-state index in [-0.39, 0.29) is 23.8 Å². The van der Waals surface area contributed by atoms with Gasteiger partial charge in [0, 0.05) is 18.2 Å². The summed E-state index contributed by atoms with van der Waals surface area (Å²) in [6.07, 6.45) is 13.2. The highest BCUT2D eigenvalue weighted by molar-refractivity contribution is 7.22. The Morgan fingerprint density at radius 3 is 2.16 bits per heavy atom. The molecule has 11 heteroatoms. The zero-order valence-corrected chi connectivity index (χ0v) is 33.8. The quantitative estimate of drug-likeness (QED) is 0.0203. The number of aromatic nitrogens is 1. The topological polar surface area (TPSA) is 117 Å². The number of thiazole rings is 1. The van der Waals surface area contributed by atoms with Gasteiger partial charge >= 0.3 is 17.9 Å². The minimum Gasteiger partial charge on any atom is -0.494 e. The average Bonchev–Trinajstić information content (AvgIpc) is 3.65. The van der Waals surface area contributed by atoms with Crippen LogP contribution in [0.15, 0.2) is 78.4 Å². The number of benzene rings is 3. The van der Waals surface area contributed by atoms with Gasteiger partial charge in [-0.3, -0.25) is 9.59 Å². The first-order valence-corrected chi connectivity index (χ1v) is 20.8. The number of carbonyl (C=O) groups excluding carboxylic acids is 3.